The molecule has 1 unspecified atom stereocenters. The van der Waals surface area contributed by atoms with E-state index in [1.807, 2.05) is 73.0 Å². The molecular weight excluding hydrogens is 460 g/mol. The largest absolute Gasteiger partial charge is 0.497 e. The lowest BCUT2D eigenvalue weighted by Gasteiger charge is -2.32. The highest BCUT2D eigenvalue weighted by atomic mass is 32.1. The number of nitrogens with one attached hydrogen (secondary N) is 1. The molecule has 4 rings (SSSR count). The van der Waals surface area contributed by atoms with Gasteiger partial charge in [0, 0.05) is 16.6 Å². The van der Waals surface area contributed by atoms with Crippen LogP contribution in [0.15, 0.2) is 66.0 Å². The third-order valence-electron chi connectivity index (χ3n) is 6.22. The van der Waals surface area contributed by atoms with Crippen molar-refractivity contribution in [1.82, 2.24) is 5.32 Å². The lowest BCUT2D eigenvalue weighted by atomic mass is 10.0. The summed E-state index contributed by atoms with van der Waals surface area (Å²) in [6.07, 6.45) is 4.34. The number of methoxy groups -OCH3 is 1. The zero-order valence-electron chi connectivity index (χ0n) is 20.2. The number of carbonyl (C=O) groups is 2. The number of carbonyl (C=O) groups excluding carboxylic acids is 2. The van der Waals surface area contributed by atoms with Crippen molar-refractivity contribution in [2.45, 2.75) is 51.1 Å². The zero-order chi connectivity index (χ0) is 24.6. The second kappa shape index (κ2) is 11.9. The molecule has 0 radical (unpaired) electrons. The van der Waals surface area contributed by atoms with Gasteiger partial charge in [-0.2, -0.15) is 0 Å². The van der Waals surface area contributed by atoms with E-state index in [0.717, 1.165) is 36.3 Å². The van der Waals surface area contributed by atoms with Crippen LogP contribution >= 0.6 is 11.3 Å². The van der Waals surface area contributed by atoms with Gasteiger partial charge in [-0.05, 0) is 73.2 Å². The smallest absolute Gasteiger partial charge is 0.248 e. The zero-order valence-corrected chi connectivity index (χ0v) is 21.1. The maximum Gasteiger partial charge on any atom is 0.248 e. The fourth-order valence-corrected chi connectivity index (χ4v) is 5.23. The number of hydrogen-bond donors (Lipinski definition) is 1. The molecule has 2 aromatic carbocycles. The molecule has 1 fully saturated rings. The summed E-state index contributed by atoms with van der Waals surface area (Å²) in [5.74, 6) is 1.03. The Morgan fingerprint density at radius 3 is 2.49 bits per heavy atom. The summed E-state index contributed by atoms with van der Waals surface area (Å²) >= 11 is 1.53. The van der Waals surface area contributed by atoms with Crippen LogP contribution in [0.3, 0.4) is 0 Å². The molecule has 1 aliphatic rings. The topological polar surface area (TPSA) is 67.9 Å². The van der Waals surface area contributed by atoms with Gasteiger partial charge in [0.1, 0.15) is 17.5 Å². The van der Waals surface area contributed by atoms with Gasteiger partial charge in [0.2, 0.25) is 11.8 Å². The van der Waals surface area contributed by atoms with E-state index in [1.54, 1.807) is 12.0 Å². The predicted octanol–water partition coefficient (Wildman–Crippen LogP) is 5.53. The molecule has 1 aliphatic carbocycles. The first-order valence-corrected chi connectivity index (χ1v) is 13.0. The number of anilines is 1. The number of hydrogen-bond acceptors (Lipinski definition) is 5. The SMILES string of the molecule is CCOc1ccc(N(C(=O)Cc2cccs2)C(C(=O)NC2CCCC2)c2cccc(OC)c2)cc1. The van der Waals surface area contributed by atoms with Gasteiger partial charge in [-0.15, -0.1) is 11.3 Å². The third kappa shape index (κ3) is 6.22. The molecule has 7 heteroatoms. The first-order valence-electron chi connectivity index (χ1n) is 12.1. The minimum Gasteiger partial charge on any atom is -0.497 e. The van der Waals surface area contributed by atoms with E-state index < -0.39 is 6.04 Å². The number of amides is 2. The lowest BCUT2D eigenvalue weighted by Crippen LogP contribution is -2.46. The Morgan fingerprint density at radius 1 is 1.06 bits per heavy atom. The van der Waals surface area contributed by atoms with E-state index in [-0.39, 0.29) is 24.3 Å². The summed E-state index contributed by atoms with van der Waals surface area (Å²) in [7, 11) is 1.60. The minimum atomic E-state index is -0.837. The highest BCUT2D eigenvalue weighted by molar-refractivity contribution is 7.10. The molecule has 1 N–H and O–H groups in total. The van der Waals surface area contributed by atoms with E-state index in [1.165, 1.54) is 11.3 Å². The first-order chi connectivity index (χ1) is 17.1. The first kappa shape index (κ1) is 24.8. The number of nitrogens with zero attached hydrogens (tertiary/aromatic N) is 1. The summed E-state index contributed by atoms with van der Waals surface area (Å²) in [6, 6.07) is 17.9. The van der Waals surface area contributed by atoms with Gasteiger partial charge in [0.05, 0.1) is 20.1 Å². The van der Waals surface area contributed by atoms with Gasteiger partial charge in [-0.1, -0.05) is 31.0 Å². The summed E-state index contributed by atoms with van der Waals surface area (Å²) < 4.78 is 11.0. The average Bonchev–Trinajstić information content (AvgIpc) is 3.58. The number of thiophene rings is 1. The van der Waals surface area contributed by atoms with Crippen molar-refractivity contribution in [3.05, 3.63) is 76.5 Å². The van der Waals surface area contributed by atoms with Crippen LogP contribution in [0.2, 0.25) is 0 Å². The monoisotopic (exact) mass is 492 g/mol. The highest BCUT2D eigenvalue weighted by Gasteiger charge is 2.34. The Kier molecular flexibility index (Phi) is 8.42. The normalized spacial score (nSPS) is 14.3. The Morgan fingerprint density at radius 2 is 1.83 bits per heavy atom. The minimum absolute atomic E-state index is 0.130. The Bertz CT molecular complexity index is 1110. The summed E-state index contributed by atoms with van der Waals surface area (Å²) in [5.41, 5.74) is 1.35. The number of benzene rings is 2. The quantitative estimate of drug-likeness (QED) is 0.404. The van der Waals surface area contributed by atoms with Crippen molar-refractivity contribution in [3.8, 4) is 11.5 Å². The Labute approximate surface area is 210 Å². The predicted molar refractivity (Wildman–Crippen MR) is 139 cm³/mol. The van der Waals surface area contributed by atoms with E-state index in [4.69, 9.17) is 9.47 Å². The fourth-order valence-electron chi connectivity index (χ4n) is 4.53. The van der Waals surface area contributed by atoms with Crippen molar-refractivity contribution in [2.75, 3.05) is 18.6 Å². The third-order valence-corrected chi connectivity index (χ3v) is 7.09. The molecule has 35 heavy (non-hydrogen) atoms. The molecule has 1 heterocycles. The fraction of sp³-hybridized carbons (Fsp3) is 0.357. The molecule has 1 saturated carbocycles. The number of rotatable bonds is 10. The second-order valence-corrected chi connectivity index (χ2v) is 9.65. The van der Waals surface area contributed by atoms with E-state index in [2.05, 4.69) is 5.32 Å². The van der Waals surface area contributed by atoms with E-state index in [9.17, 15) is 9.59 Å². The summed E-state index contributed by atoms with van der Waals surface area (Å²) in [5, 5.41) is 5.17. The molecule has 0 saturated heterocycles. The summed E-state index contributed by atoms with van der Waals surface area (Å²) in [4.78, 5) is 30.2. The van der Waals surface area contributed by atoms with Crippen LogP contribution < -0.4 is 19.7 Å². The van der Waals surface area contributed by atoms with Crippen LogP contribution in [0, 0.1) is 0 Å². The van der Waals surface area contributed by atoms with E-state index in [0.29, 0.717) is 23.6 Å². The molecule has 0 aliphatic heterocycles. The van der Waals surface area contributed by atoms with Gasteiger partial charge in [0.25, 0.3) is 0 Å². The molecule has 0 spiro atoms. The highest BCUT2D eigenvalue weighted by Crippen LogP contribution is 2.33. The lowest BCUT2D eigenvalue weighted by molar-refractivity contribution is -0.127. The molecule has 2 amide bonds. The molecule has 3 aromatic rings. The standard InChI is InChI=1S/C28H32N2O4S/c1-3-34-23-15-13-22(14-16-23)30(26(31)19-25-12-7-17-35-25)27(20-8-6-11-24(18-20)33-2)28(32)29-21-9-4-5-10-21/h6-8,11-18,21,27H,3-5,9-10,19H2,1-2H3,(H,29,32). The van der Waals surface area contributed by atoms with Crippen LogP contribution in [-0.2, 0) is 16.0 Å². The van der Waals surface area contributed by atoms with Crippen molar-refractivity contribution < 1.29 is 19.1 Å². The Balaban J connectivity index is 1.76. The van der Waals surface area contributed by atoms with Gasteiger partial charge in [-0.3, -0.25) is 14.5 Å². The van der Waals surface area contributed by atoms with Gasteiger partial charge in [-0.25, -0.2) is 0 Å². The van der Waals surface area contributed by atoms with Gasteiger partial charge >= 0.3 is 0 Å². The van der Waals surface area contributed by atoms with Crippen molar-refractivity contribution in [2.24, 2.45) is 0 Å². The van der Waals surface area contributed by atoms with Crippen LogP contribution in [0.1, 0.15) is 49.1 Å². The van der Waals surface area contributed by atoms with Crippen molar-refractivity contribution in [1.29, 1.82) is 0 Å². The maximum atomic E-state index is 13.8. The van der Waals surface area contributed by atoms with Gasteiger partial charge < -0.3 is 14.8 Å². The molecule has 1 aromatic heterocycles. The molecular formula is C28H32N2O4S. The van der Waals surface area contributed by atoms with Crippen LogP contribution in [-0.4, -0.2) is 31.6 Å². The second-order valence-electron chi connectivity index (χ2n) is 8.62. The van der Waals surface area contributed by atoms with E-state index >= 15 is 0 Å². The Hall–Kier alpha value is -3.32. The molecule has 184 valence electrons. The number of ether oxygens (including phenoxy) is 2. The summed E-state index contributed by atoms with van der Waals surface area (Å²) in [6.45, 7) is 2.48. The van der Waals surface area contributed by atoms with Crippen molar-refractivity contribution >= 4 is 28.8 Å². The maximum absolute atomic E-state index is 13.8. The molecule has 0 bridgehead atoms. The molecule has 6 nitrogen and oxygen atoms in total. The van der Waals surface area contributed by atoms with Crippen LogP contribution in [0.4, 0.5) is 5.69 Å². The van der Waals surface area contributed by atoms with Crippen molar-refractivity contribution in [3.63, 3.8) is 0 Å². The average molecular weight is 493 g/mol. The van der Waals surface area contributed by atoms with Crippen LogP contribution in [0.5, 0.6) is 11.5 Å². The van der Waals surface area contributed by atoms with Crippen LogP contribution in [0.25, 0.3) is 0 Å². The van der Waals surface area contributed by atoms with Gasteiger partial charge in [0.15, 0.2) is 0 Å². The molecule has 1 atom stereocenters.